The number of carbonyl (C=O) groups excluding carboxylic acids is 5. The molecule has 1 saturated heterocycles. The van der Waals surface area contributed by atoms with E-state index in [0.717, 1.165) is 4.90 Å². The van der Waals surface area contributed by atoms with Gasteiger partial charge in [0.1, 0.15) is 30.7 Å². The van der Waals surface area contributed by atoms with E-state index >= 15 is 0 Å². The second-order valence-electron chi connectivity index (χ2n) is 11.4. The van der Waals surface area contributed by atoms with Crippen molar-refractivity contribution in [1.29, 1.82) is 0 Å². The van der Waals surface area contributed by atoms with Crippen LogP contribution in [0.5, 0.6) is 5.75 Å². The third-order valence-corrected chi connectivity index (χ3v) is 7.30. The van der Waals surface area contributed by atoms with Crippen molar-refractivity contribution in [2.24, 2.45) is 5.92 Å². The summed E-state index contributed by atoms with van der Waals surface area (Å²) >= 11 is 0. The maximum absolute atomic E-state index is 12.8. The van der Waals surface area contributed by atoms with Crippen molar-refractivity contribution in [3.8, 4) is 5.75 Å². The normalized spacial score (nSPS) is 22.3. The van der Waals surface area contributed by atoms with E-state index in [1.54, 1.807) is 32.1 Å². The molecule has 0 unspecified atom stereocenters. The highest BCUT2D eigenvalue weighted by molar-refractivity contribution is 6.12. The number of rotatable bonds is 17. The van der Waals surface area contributed by atoms with E-state index in [2.05, 4.69) is 10.6 Å². The van der Waals surface area contributed by atoms with E-state index in [0.29, 0.717) is 24.8 Å². The predicted molar refractivity (Wildman–Crippen MR) is 167 cm³/mol. The number of ether oxygens (including phenoxy) is 3. The van der Waals surface area contributed by atoms with Crippen LogP contribution >= 0.6 is 0 Å². The molecule has 5 atom stereocenters. The highest BCUT2D eigenvalue weighted by atomic mass is 16.7. The number of carbonyl (C=O) groups is 6. The number of anilines is 1. The Balaban J connectivity index is 1.57. The number of aliphatic hydroxyl groups excluding tert-OH is 3. The molecule has 2 aliphatic rings. The number of unbranched alkanes of at least 4 members (excludes halogenated alkanes) is 2. The summed E-state index contributed by atoms with van der Waals surface area (Å²) in [6.07, 6.45) is -1.97. The number of nitrogens with zero attached hydrogens (tertiary/aromatic N) is 1. The molecule has 48 heavy (non-hydrogen) atoms. The van der Waals surface area contributed by atoms with Gasteiger partial charge in [-0.25, -0.2) is 4.79 Å². The Labute approximate surface area is 276 Å². The van der Waals surface area contributed by atoms with Gasteiger partial charge >= 0.3 is 11.9 Å². The largest absolute Gasteiger partial charge is 0.479 e. The molecule has 16 heteroatoms. The molecule has 0 saturated carbocycles. The number of hydrogen-bond acceptors (Lipinski definition) is 12. The Kier molecular flexibility index (Phi) is 14.2. The Morgan fingerprint density at radius 3 is 2.33 bits per heavy atom. The highest BCUT2D eigenvalue weighted by Crippen LogP contribution is 2.31. The van der Waals surface area contributed by atoms with Gasteiger partial charge in [0, 0.05) is 38.1 Å². The first-order valence-corrected chi connectivity index (χ1v) is 15.4. The molecular formula is C32H41N3O13. The number of carboxylic acid groups (broad SMARTS) is 1. The average molecular weight is 676 g/mol. The monoisotopic (exact) mass is 675 g/mol. The van der Waals surface area contributed by atoms with Gasteiger partial charge in [0.15, 0.2) is 6.10 Å². The Hall–Kier alpha value is -4.64. The number of benzene rings is 1. The van der Waals surface area contributed by atoms with Crippen molar-refractivity contribution in [3.63, 3.8) is 0 Å². The first kappa shape index (κ1) is 37.8. The number of imide groups is 1. The van der Waals surface area contributed by atoms with Gasteiger partial charge in [-0.05, 0) is 36.6 Å². The lowest BCUT2D eigenvalue weighted by molar-refractivity contribution is -0.271. The summed E-state index contributed by atoms with van der Waals surface area (Å²) in [7, 11) is 0. The fourth-order valence-electron chi connectivity index (χ4n) is 4.61. The van der Waals surface area contributed by atoms with Crippen LogP contribution in [-0.4, -0.2) is 111 Å². The van der Waals surface area contributed by atoms with E-state index in [9.17, 15) is 49.2 Å². The molecule has 16 nitrogen and oxygen atoms in total. The van der Waals surface area contributed by atoms with Gasteiger partial charge in [-0.2, -0.15) is 0 Å². The molecule has 1 fully saturated rings. The zero-order valence-electron chi connectivity index (χ0n) is 26.6. The maximum atomic E-state index is 12.8. The third-order valence-electron chi connectivity index (χ3n) is 7.30. The van der Waals surface area contributed by atoms with Gasteiger partial charge in [-0.1, -0.05) is 32.4 Å². The first-order chi connectivity index (χ1) is 22.8. The van der Waals surface area contributed by atoms with Gasteiger partial charge in [-0.3, -0.25) is 28.9 Å². The van der Waals surface area contributed by atoms with Crippen LogP contribution in [0.25, 0.3) is 6.08 Å². The molecule has 3 rings (SSSR count). The lowest BCUT2D eigenvalue weighted by Gasteiger charge is -2.38. The van der Waals surface area contributed by atoms with Gasteiger partial charge < -0.3 is 45.3 Å². The fraction of sp³-hybridized carbons (Fsp3) is 0.500. The zero-order chi connectivity index (χ0) is 35.4. The predicted octanol–water partition coefficient (Wildman–Crippen LogP) is 0.100. The van der Waals surface area contributed by atoms with Crippen LogP contribution in [0.4, 0.5) is 5.69 Å². The Bertz CT molecular complexity index is 1390. The summed E-state index contributed by atoms with van der Waals surface area (Å²) in [6.45, 7) is 3.66. The van der Waals surface area contributed by atoms with Gasteiger partial charge in [0.2, 0.25) is 18.1 Å². The lowest BCUT2D eigenvalue weighted by Crippen LogP contribution is -2.61. The minimum Gasteiger partial charge on any atom is -0.479 e. The number of amides is 4. The second-order valence-corrected chi connectivity index (χ2v) is 11.4. The maximum Gasteiger partial charge on any atom is 0.335 e. The van der Waals surface area contributed by atoms with Crippen molar-refractivity contribution >= 4 is 47.3 Å². The standard InChI is InChI=1S/C32H41N3O13/c1-18(2)31(45)46-16-6-7-19-9-10-21(47-32-28(42)26(40)27(41)29(48-32)30(43)44)20(17-19)34-23(37)13-14-33-22(36)8-4-3-5-15-35-24(38)11-12-25(35)39/h6-7,9-12,17-18,26-29,32,40-42H,3-5,8,13-16H2,1-2H3,(H,33,36)(H,34,37)(H,43,44)/b7-6+/t26-,27-,28+,29-,32+/m0/s1. The zero-order valence-corrected chi connectivity index (χ0v) is 26.6. The van der Waals surface area contributed by atoms with Crippen molar-refractivity contribution in [1.82, 2.24) is 10.2 Å². The van der Waals surface area contributed by atoms with Crippen molar-refractivity contribution in [2.45, 2.75) is 76.7 Å². The van der Waals surface area contributed by atoms with Crippen LogP contribution in [0, 0.1) is 5.92 Å². The number of aliphatic carboxylic acids is 1. The van der Waals surface area contributed by atoms with Crippen LogP contribution in [0.2, 0.25) is 0 Å². The molecule has 0 spiro atoms. The molecule has 0 radical (unpaired) electrons. The van der Waals surface area contributed by atoms with Crippen LogP contribution < -0.4 is 15.4 Å². The average Bonchev–Trinajstić information content (AvgIpc) is 3.36. The molecule has 2 aliphatic heterocycles. The molecule has 1 aromatic rings. The summed E-state index contributed by atoms with van der Waals surface area (Å²) in [5, 5.41) is 45.1. The third kappa shape index (κ3) is 11.0. The fourth-order valence-corrected chi connectivity index (χ4v) is 4.61. The molecular weight excluding hydrogens is 634 g/mol. The summed E-state index contributed by atoms with van der Waals surface area (Å²) in [4.78, 5) is 72.6. The molecule has 4 amide bonds. The smallest absolute Gasteiger partial charge is 0.335 e. The van der Waals surface area contributed by atoms with Crippen molar-refractivity contribution < 1.29 is 63.4 Å². The lowest BCUT2D eigenvalue weighted by atomic mass is 9.99. The van der Waals surface area contributed by atoms with Crippen molar-refractivity contribution in [2.75, 3.05) is 25.0 Å². The Morgan fingerprint density at radius 1 is 0.958 bits per heavy atom. The topological polar surface area (TPSA) is 238 Å². The molecule has 2 heterocycles. The number of nitrogens with one attached hydrogen (secondary N) is 2. The van der Waals surface area contributed by atoms with E-state index in [1.807, 2.05) is 0 Å². The van der Waals surface area contributed by atoms with E-state index < -0.39 is 42.6 Å². The number of aliphatic hydroxyl groups is 3. The number of hydrogen-bond donors (Lipinski definition) is 6. The summed E-state index contributed by atoms with van der Waals surface area (Å²) < 4.78 is 16.0. The van der Waals surface area contributed by atoms with Gasteiger partial charge in [-0.15, -0.1) is 0 Å². The van der Waals surface area contributed by atoms with E-state index in [4.69, 9.17) is 14.2 Å². The van der Waals surface area contributed by atoms with Gasteiger partial charge in [0.25, 0.3) is 11.8 Å². The quantitative estimate of drug-likeness (QED) is 0.0731. The molecule has 0 bridgehead atoms. The molecule has 1 aromatic carbocycles. The second kappa shape index (κ2) is 18.1. The summed E-state index contributed by atoms with van der Waals surface area (Å²) in [5.74, 6) is -3.88. The molecule has 0 aromatic heterocycles. The van der Waals surface area contributed by atoms with E-state index in [1.165, 1.54) is 24.3 Å². The van der Waals surface area contributed by atoms with Crippen LogP contribution in [0.15, 0.2) is 36.4 Å². The highest BCUT2D eigenvalue weighted by Gasteiger charge is 2.48. The summed E-state index contributed by atoms with van der Waals surface area (Å²) in [6, 6.07) is 4.44. The van der Waals surface area contributed by atoms with Crippen molar-refractivity contribution in [3.05, 3.63) is 42.0 Å². The first-order valence-electron chi connectivity index (χ1n) is 15.4. The minimum atomic E-state index is -1.92. The van der Waals surface area contributed by atoms with Crippen LogP contribution in [0.1, 0.15) is 51.5 Å². The minimum absolute atomic E-state index is 0.00105. The number of esters is 1. The van der Waals surface area contributed by atoms with E-state index in [-0.39, 0.29) is 73.6 Å². The molecule has 0 aliphatic carbocycles. The van der Waals surface area contributed by atoms with Crippen LogP contribution in [-0.2, 0) is 38.2 Å². The molecule has 262 valence electrons. The van der Waals surface area contributed by atoms with Crippen LogP contribution in [0.3, 0.4) is 0 Å². The SMILES string of the molecule is CC(C)C(=O)OC/C=C/c1ccc(O[C@@H]2O[C@H](C(=O)O)[C@@H](O)[C@H](O)[C@H]2O)c(NC(=O)CCNC(=O)CCCCCN2C(=O)C=CC2=O)c1. The van der Waals surface area contributed by atoms with Gasteiger partial charge in [0.05, 0.1) is 11.6 Å². The Morgan fingerprint density at radius 2 is 1.67 bits per heavy atom. The molecule has 6 N–H and O–H groups in total. The summed E-state index contributed by atoms with van der Waals surface area (Å²) in [5.41, 5.74) is 0.603. The number of carboxylic acids is 1.